The standard InChI is InChI=1S/C21H25BrN2O4S/c1-2-28-21(25)16-9-10-20(19(22)13-16)29(26,27)23-14-17-7-3-4-8-18(17)15-24-11-5-6-12-24/h3-4,7-10,13,23H,2,5-6,11-12,14-15H2,1H3. The average Bonchev–Trinajstić information content (AvgIpc) is 3.20. The highest BCUT2D eigenvalue weighted by Gasteiger charge is 2.20. The molecule has 1 saturated heterocycles. The maximum Gasteiger partial charge on any atom is 0.338 e. The minimum absolute atomic E-state index is 0.0857. The van der Waals surface area contributed by atoms with Gasteiger partial charge in [-0.3, -0.25) is 4.90 Å². The summed E-state index contributed by atoms with van der Waals surface area (Å²) < 4.78 is 33.6. The first-order valence-electron chi connectivity index (χ1n) is 9.66. The Kier molecular flexibility index (Phi) is 7.45. The van der Waals surface area contributed by atoms with E-state index in [2.05, 4.69) is 25.6 Å². The molecule has 1 fully saturated rings. The van der Waals surface area contributed by atoms with Crippen LogP contribution < -0.4 is 4.72 Å². The van der Waals surface area contributed by atoms with Crippen LogP contribution in [0.2, 0.25) is 0 Å². The number of sulfonamides is 1. The van der Waals surface area contributed by atoms with E-state index in [1.807, 2.05) is 24.3 Å². The molecule has 0 bridgehead atoms. The average molecular weight is 481 g/mol. The van der Waals surface area contributed by atoms with Gasteiger partial charge in [-0.2, -0.15) is 0 Å². The van der Waals surface area contributed by atoms with Crippen LogP contribution in [0.25, 0.3) is 0 Å². The van der Waals surface area contributed by atoms with Gasteiger partial charge in [-0.25, -0.2) is 17.9 Å². The largest absolute Gasteiger partial charge is 0.462 e. The number of hydrogen-bond donors (Lipinski definition) is 1. The lowest BCUT2D eigenvalue weighted by Crippen LogP contribution is -2.25. The van der Waals surface area contributed by atoms with Gasteiger partial charge in [-0.1, -0.05) is 24.3 Å². The lowest BCUT2D eigenvalue weighted by atomic mass is 10.1. The number of carbonyl (C=O) groups excluding carboxylic acids is 1. The third-order valence-electron chi connectivity index (χ3n) is 4.90. The van der Waals surface area contributed by atoms with E-state index in [1.54, 1.807) is 6.92 Å². The smallest absolute Gasteiger partial charge is 0.338 e. The number of nitrogens with zero attached hydrogens (tertiary/aromatic N) is 1. The number of halogens is 1. The number of carbonyl (C=O) groups is 1. The van der Waals surface area contributed by atoms with Crippen molar-refractivity contribution in [1.82, 2.24) is 9.62 Å². The predicted octanol–water partition coefficient (Wildman–Crippen LogP) is 3.70. The van der Waals surface area contributed by atoms with E-state index in [0.29, 0.717) is 10.0 Å². The molecule has 0 spiro atoms. The molecular weight excluding hydrogens is 456 g/mol. The number of nitrogens with one attached hydrogen (secondary N) is 1. The Morgan fingerprint density at radius 3 is 2.48 bits per heavy atom. The van der Waals surface area contributed by atoms with Gasteiger partial charge in [-0.05, 0) is 78.1 Å². The molecule has 2 aromatic rings. The summed E-state index contributed by atoms with van der Waals surface area (Å²) in [6, 6.07) is 12.2. The van der Waals surface area contributed by atoms with Crippen LogP contribution in [0.5, 0.6) is 0 Å². The maximum atomic E-state index is 12.8. The van der Waals surface area contributed by atoms with Gasteiger partial charge in [0.2, 0.25) is 10.0 Å². The van der Waals surface area contributed by atoms with Gasteiger partial charge in [0.15, 0.2) is 0 Å². The molecule has 1 heterocycles. The molecule has 0 radical (unpaired) electrons. The number of benzene rings is 2. The zero-order valence-corrected chi connectivity index (χ0v) is 18.8. The lowest BCUT2D eigenvalue weighted by molar-refractivity contribution is 0.0526. The van der Waals surface area contributed by atoms with Crippen LogP contribution in [0, 0.1) is 0 Å². The molecule has 8 heteroatoms. The highest BCUT2D eigenvalue weighted by atomic mass is 79.9. The maximum absolute atomic E-state index is 12.8. The van der Waals surface area contributed by atoms with Crippen molar-refractivity contribution in [3.05, 3.63) is 63.6 Å². The van der Waals surface area contributed by atoms with Crippen molar-refractivity contribution < 1.29 is 17.9 Å². The molecular formula is C21H25BrN2O4S. The third-order valence-corrected chi connectivity index (χ3v) is 7.27. The van der Waals surface area contributed by atoms with E-state index in [1.165, 1.54) is 31.0 Å². The van der Waals surface area contributed by atoms with E-state index in [-0.39, 0.29) is 18.0 Å². The van der Waals surface area contributed by atoms with Crippen LogP contribution in [0.4, 0.5) is 0 Å². The van der Waals surface area contributed by atoms with Gasteiger partial charge in [0, 0.05) is 17.6 Å². The van der Waals surface area contributed by atoms with Gasteiger partial charge < -0.3 is 4.74 Å². The Hall–Kier alpha value is -1.74. The van der Waals surface area contributed by atoms with Gasteiger partial charge in [-0.15, -0.1) is 0 Å². The first-order valence-corrected chi connectivity index (χ1v) is 11.9. The second-order valence-corrected chi connectivity index (χ2v) is 9.53. The monoisotopic (exact) mass is 480 g/mol. The Morgan fingerprint density at radius 2 is 1.83 bits per heavy atom. The Morgan fingerprint density at radius 1 is 1.14 bits per heavy atom. The van der Waals surface area contributed by atoms with Gasteiger partial charge >= 0.3 is 5.97 Å². The first kappa shape index (κ1) is 22.0. The predicted molar refractivity (Wildman–Crippen MR) is 115 cm³/mol. The van der Waals surface area contributed by atoms with E-state index < -0.39 is 16.0 Å². The highest BCUT2D eigenvalue weighted by molar-refractivity contribution is 9.10. The summed E-state index contributed by atoms with van der Waals surface area (Å²) in [7, 11) is -3.75. The fraction of sp³-hybridized carbons (Fsp3) is 0.381. The Labute approximate surface area is 180 Å². The zero-order valence-electron chi connectivity index (χ0n) is 16.4. The third kappa shape index (κ3) is 5.66. The summed E-state index contributed by atoms with van der Waals surface area (Å²) >= 11 is 3.27. The molecule has 6 nitrogen and oxygen atoms in total. The summed E-state index contributed by atoms with van der Waals surface area (Å²) in [4.78, 5) is 14.3. The number of hydrogen-bond acceptors (Lipinski definition) is 5. The van der Waals surface area contributed by atoms with Crippen molar-refractivity contribution in [3.8, 4) is 0 Å². The molecule has 2 aromatic carbocycles. The van der Waals surface area contributed by atoms with Crippen molar-refractivity contribution in [2.24, 2.45) is 0 Å². The molecule has 1 aliphatic heterocycles. The van der Waals surface area contributed by atoms with Crippen molar-refractivity contribution in [3.63, 3.8) is 0 Å². The zero-order chi connectivity index (χ0) is 20.9. The van der Waals surface area contributed by atoms with Crippen LogP contribution in [-0.4, -0.2) is 39.0 Å². The van der Waals surface area contributed by atoms with Crippen molar-refractivity contribution >= 4 is 31.9 Å². The SMILES string of the molecule is CCOC(=O)c1ccc(S(=O)(=O)NCc2ccccc2CN2CCCC2)c(Br)c1. The van der Waals surface area contributed by atoms with Crippen LogP contribution in [-0.2, 0) is 27.8 Å². The second-order valence-electron chi connectivity index (χ2n) is 6.94. The molecule has 0 aliphatic carbocycles. The molecule has 0 atom stereocenters. The summed E-state index contributed by atoms with van der Waals surface area (Å²) in [5, 5.41) is 0. The summed E-state index contributed by atoms with van der Waals surface area (Å²) in [6.45, 7) is 5.18. The van der Waals surface area contributed by atoms with Crippen LogP contribution in [0.15, 0.2) is 51.8 Å². The molecule has 0 amide bonds. The van der Waals surface area contributed by atoms with E-state index in [0.717, 1.165) is 30.8 Å². The molecule has 3 rings (SSSR count). The Balaban J connectivity index is 1.73. The summed E-state index contributed by atoms with van der Waals surface area (Å²) in [5.74, 6) is -0.485. The quantitative estimate of drug-likeness (QED) is 0.582. The van der Waals surface area contributed by atoms with Gasteiger partial charge in [0.05, 0.1) is 17.1 Å². The minimum Gasteiger partial charge on any atom is -0.462 e. The molecule has 1 N–H and O–H groups in total. The number of rotatable bonds is 8. The van der Waals surface area contributed by atoms with Gasteiger partial charge in [0.1, 0.15) is 0 Å². The minimum atomic E-state index is -3.75. The molecule has 0 unspecified atom stereocenters. The molecule has 1 aliphatic rings. The van der Waals surface area contributed by atoms with E-state index in [4.69, 9.17) is 4.74 Å². The molecule has 156 valence electrons. The molecule has 0 saturated carbocycles. The summed E-state index contributed by atoms with van der Waals surface area (Å²) in [5.41, 5.74) is 2.39. The van der Waals surface area contributed by atoms with Crippen LogP contribution >= 0.6 is 15.9 Å². The van der Waals surface area contributed by atoms with Crippen LogP contribution in [0.1, 0.15) is 41.3 Å². The topological polar surface area (TPSA) is 75.7 Å². The normalized spacial score (nSPS) is 14.8. The summed E-state index contributed by atoms with van der Waals surface area (Å²) in [6.07, 6.45) is 2.43. The van der Waals surface area contributed by atoms with Gasteiger partial charge in [0.25, 0.3) is 0 Å². The van der Waals surface area contributed by atoms with Crippen molar-refractivity contribution in [2.45, 2.75) is 37.8 Å². The van der Waals surface area contributed by atoms with Crippen molar-refractivity contribution in [1.29, 1.82) is 0 Å². The number of esters is 1. The molecule has 0 aromatic heterocycles. The molecule has 29 heavy (non-hydrogen) atoms. The number of likely N-dealkylation sites (tertiary alicyclic amines) is 1. The first-order chi connectivity index (χ1) is 13.9. The fourth-order valence-corrected chi connectivity index (χ4v) is 5.46. The Bertz CT molecular complexity index is 972. The van der Waals surface area contributed by atoms with Crippen LogP contribution in [0.3, 0.4) is 0 Å². The van der Waals surface area contributed by atoms with E-state index in [9.17, 15) is 13.2 Å². The number of ether oxygens (including phenoxy) is 1. The van der Waals surface area contributed by atoms with Crippen molar-refractivity contribution in [2.75, 3.05) is 19.7 Å². The van der Waals surface area contributed by atoms with E-state index >= 15 is 0 Å². The second kappa shape index (κ2) is 9.84. The lowest BCUT2D eigenvalue weighted by Gasteiger charge is -2.18. The fourth-order valence-electron chi connectivity index (χ4n) is 3.38. The highest BCUT2D eigenvalue weighted by Crippen LogP contribution is 2.24.